The van der Waals surface area contributed by atoms with Crippen molar-refractivity contribution in [3.63, 3.8) is 0 Å². The first-order chi connectivity index (χ1) is 7.31. The number of nitrogens with zero attached hydrogens (tertiary/aromatic N) is 1. The Morgan fingerprint density at radius 1 is 1.31 bits per heavy atom. The van der Waals surface area contributed by atoms with Gasteiger partial charge in [-0.25, -0.2) is 0 Å². The minimum absolute atomic E-state index is 0.0681. The molecule has 1 aliphatic rings. The Bertz CT molecular complexity index is 280. The number of carbonyl (C=O) groups excluding carboxylic acids is 2. The number of rotatable bonds is 2. The molecule has 0 radical (unpaired) electrons. The number of hydrogen-bond acceptors (Lipinski definition) is 3. The number of hydrogen-bond donors (Lipinski definition) is 0. The van der Waals surface area contributed by atoms with E-state index in [0.717, 1.165) is 12.8 Å². The van der Waals surface area contributed by atoms with Gasteiger partial charge in [-0.05, 0) is 24.7 Å². The highest BCUT2D eigenvalue weighted by Gasteiger charge is 2.29. The Balaban J connectivity index is 2.68. The van der Waals surface area contributed by atoms with E-state index in [2.05, 4.69) is 0 Å². The fourth-order valence-electron chi connectivity index (χ4n) is 2.03. The maximum absolute atomic E-state index is 12.0. The average Bonchev–Trinajstić information content (AvgIpc) is 2.15. The van der Waals surface area contributed by atoms with Crippen LogP contribution in [0.1, 0.15) is 46.5 Å². The smallest absolute Gasteiger partial charge is 0.223 e. The van der Waals surface area contributed by atoms with Gasteiger partial charge in [0.15, 0.2) is 0 Å². The molecule has 0 bridgehead atoms. The van der Waals surface area contributed by atoms with Crippen molar-refractivity contribution in [2.24, 2.45) is 5.41 Å². The first-order valence-corrected chi connectivity index (χ1v) is 5.81. The highest BCUT2D eigenvalue weighted by Crippen LogP contribution is 2.24. The lowest BCUT2D eigenvalue weighted by Crippen LogP contribution is -2.53. The molecule has 0 aromatic heterocycles. The van der Waals surface area contributed by atoms with Gasteiger partial charge in [0.2, 0.25) is 5.91 Å². The summed E-state index contributed by atoms with van der Waals surface area (Å²) in [5.74, 6) is -1.19. The van der Waals surface area contributed by atoms with Crippen molar-refractivity contribution in [1.29, 1.82) is 0 Å². The van der Waals surface area contributed by atoms with Crippen LogP contribution in [0.2, 0.25) is 0 Å². The van der Waals surface area contributed by atoms with Gasteiger partial charge >= 0.3 is 0 Å². The van der Waals surface area contributed by atoms with E-state index in [0.29, 0.717) is 19.4 Å². The van der Waals surface area contributed by atoms with Crippen LogP contribution in [0.25, 0.3) is 0 Å². The normalized spacial score (nSPS) is 21.9. The molecule has 0 aromatic carbocycles. The quantitative estimate of drug-likeness (QED) is 0.691. The third-order valence-corrected chi connectivity index (χ3v) is 2.78. The predicted molar refractivity (Wildman–Crippen MR) is 58.4 cm³/mol. The van der Waals surface area contributed by atoms with E-state index in [-0.39, 0.29) is 11.3 Å². The largest absolute Gasteiger partial charge is 0.548 e. The van der Waals surface area contributed by atoms with Gasteiger partial charge in [0, 0.05) is 13.0 Å². The van der Waals surface area contributed by atoms with Gasteiger partial charge in [0.25, 0.3) is 0 Å². The average molecular weight is 226 g/mol. The van der Waals surface area contributed by atoms with E-state index in [1.165, 1.54) is 4.90 Å². The van der Waals surface area contributed by atoms with Crippen LogP contribution in [0.15, 0.2) is 0 Å². The lowest BCUT2D eigenvalue weighted by Gasteiger charge is -2.37. The Hall–Kier alpha value is -1.06. The molecule has 1 rings (SSSR count). The van der Waals surface area contributed by atoms with Crippen molar-refractivity contribution in [3.8, 4) is 0 Å². The van der Waals surface area contributed by atoms with Crippen molar-refractivity contribution in [2.45, 2.75) is 52.5 Å². The maximum atomic E-state index is 12.0. The molecule has 1 saturated heterocycles. The second kappa shape index (κ2) is 4.85. The molecule has 0 aromatic rings. The number of piperidine rings is 1. The molecule has 0 saturated carbocycles. The van der Waals surface area contributed by atoms with E-state index in [1.54, 1.807) is 0 Å². The lowest BCUT2D eigenvalue weighted by atomic mass is 9.90. The summed E-state index contributed by atoms with van der Waals surface area (Å²) < 4.78 is 0. The van der Waals surface area contributed by atoms with Crippen LogP contribution in [0.5, 0.6) is 0 Å². The van der Waals surface area contributed by atoms with Gasteiger partial charge in [0.1, 0.15) is 0 Å². The molecular formula is C12H20NO3-. The molecule has 1 atom stereocenters. The SMILES string of the molecule is CC(C)(C)CC(=O)N1CCCCC1C(=O)[O-]. The monoisotopic (exact) mass is 226 g/mol. The van der Waals surface area contributed by atoms with Crippen LogP contribution >= 0.6 is 0 Å². The van der Waals surface area contributed by atoms with Crippen LogP contribution in [0, 0.1) is 5.41 Å². The number of likely N-dealkylation sites (tertiary alicyclic amines) is 1. The van der Waals surface area contributed by atoms with E-state index < -0.39 is 12.0 Å². The van der Waals surface area contributed by atoms with E-state index in [1.807, 2.05) is 20.8 Å². The summed E-state index contributed by atoms with van der Waals surface area (Å²) in [5, 5.41) is 10.9. The highest BCUT2D eigenvalue weighted by atomic mass is 16.4. The molecule has 4 nitrogen and oxygen atoms in total. The molecule has 0 N–H and O–H groups in total. The third-order valence-electron chi connectivity index (χ3n) is 2.78. The molecular weight excluding hydrogens is 206 g/mol. The molecule has 0 aliphatic carbocycles. The number of aliphatic carboxylic acids is 1. The Labute approximate surface area is 96.6 Å². The van der Waals surface area contributed by atoms with Gasteiger partial charge in [-0.1, -0.05) is 20.8 Å². The van der Waals surface area contributed by atoms with Gasteiger partial charge in [-0.15, -0.1) is 0 Å². The second-order valence-corrected chi connectivity index (χ2v) is 5.66. The zero-order valence-electron chi connectivity index (χ0n) is 10.3. The van der Waals surface area contributed by atoms with Crippen LogP contribution in [-0.2, 0) is 9.59 Å². The first kappa shape index (κ1) is 13.0. The summed E-state index contributed by atoms with van der Waals surface area (Å²) in [4.78, 5) is 24.4. The molecule has 1 aliphatic heterocycles. The number of amides is 1. The zero-order chi connectivity index (χ0) is 12.3. The molecule has 1 fully saturated rings. The minimum atomic E-state index is -1.12. The summed E-state index contributed by atoms with van der Waals surface area (Å²) in [5.41, 5.74) is -0.106. The summed E-state index contributed by atoms with van der Waals surface area (Å²) in [6.45, 7) is 6.47. The maximum Gasteiger partial charge on any atom is 0.223 e. The van der Waals surface area contributed by atoms with Gasteiger partial charge in [-0.2, -0.15) is 0 Å². The van der Waals surface area contributed by atoms with Crippen molar-refractivity contribution in [1.82, 2.24) is 4.90 Å². The van der Waals surface area contributed by atoms with E-state index in [4.69, 9.17) is 0 Å². The Morgan fingerprint density at radius 2 is 1.94 bits per heavy atom. The first-order valence-electron chi connectivity index (χ1n) is 5.81. The highest BCUT2D eigenvalue weighted by molar-refractivity contribution is 5.83. The number of carboxylic acids is 1. The van der Waals surface area contributed by atoms with Gasteiger partial charge < -0.3 is 14.8 Å². The van der Waals surface area contributed by atoms with Crippen molar-refractivity contribution in [2.75, 3.05) is 6.54 Å². The van der Waals surface area contributed by atoms with E-state index in [9.17, 15) is 14.7 Å². The standard InChI is InChI=1S/C12H21NO3/c1-12(2,3)8-10(14)13-7-5-4-6-9(13)11(15)16/h9H,4-8H2,1-3H3,(H,15,16)/p-1. The Kier molecular flexibility index (Phi) is 3.94. The van der Waals surface area contributed by atoms with Gasteiger partial charge in [0.05, 0.1) is 12.0 Å². The zero-order valence-corrected chi connectivity index (χ0v) is 10.3. The molecule has 16 heavy (non-hydrogen) atoms. The van der Waals surface area contributed by atoms with Crippen molar-refractivity contribution in [3.05, 3.63) is 0 Å². The summed E-state index contributed by atoms with van der Waals surface area (Å²) in [7, 11) is 0. The molecule has 1 heterocycles. The van der Waals surface area contributed by atoms with Crippen LogP contribution < -0.4 is 5.11 Å². The summed E-state index contributed by atoms with van der Waals surface area (Å²) in [6.07, 6.45) is 2.66. The molecule has 0 spiro atoms. The molecule has 1 amide bonds. The van der Waals surface area contributed by atoms with Crippen molar-refractivity contribution >= 4 is 11.9 Å². The minimum Gasteiger partial charge on any atom is -0.548 e. The fraction of sp³-hybridized carbons (Fsp3) is 0.833. The predicted octanol–water partition coefficient (Wildman–Crippen LogP) is 0.554. The lowest BCUT2D eigenvalue weighted by molar-refractivity contribution is -0.312. The Morgan fingerprint density at radius 3 is 2.44 bits per heavy atom. The van der Waals surface area contributed by atoms with Gasteiger partial charge in [-0.3, -0.25) is 4.79 Å². The fourth-order valence-corrected chi connectivity index (χ4v) is 2.03. The molecule has 92 valence electrons. The second-order valence-electron chi connectivity index (χ2n) is 5.66. The summed E-state index contributed by atoms with van der Waals surface area (Å²) >= 11 is 0. The number of carboxylic acid groups (broad SMARTS) is 1. The summed E-state index contributed by atoms with van der Waals surface area (Å²) in [6, 6.07) is -0.719. The number of carbonyl (C=O) groups is 2. The van der Waals surface area contributed by atoms with Crippen LogP contribution in [0.3, 0.4) is 0 Å². The third kappa shape index (κ3) is 3.51. The molecule has 4 heteroatoms. The van der Waals surface area contributed by atoms with E-state index >= 15 is 0 Å². The molecule has 1 unspecified atom stereocenters. The topological polar surface area (TPSA) is 60.4 Å². The van der Waals surface area contributed by atoms with Crippen molar-refractivity contribution < 1.29 is 14.7 Å². The van der Waals surface area contributed by atoms with Crippen LogP contribution in [-0.4, -0.2) is 29.4 Å². The van der Waals surface area contributed by atoms with Crippen LogP contribution in [0.4, 0.5) is 0 Å².